The maximum Gasteiger partial charge on any atom is 0.289 e. The summed E-state index contributed by atoms with van der Waals surface area (Å²) in [4.78, 5) is 39.4. The molecule has 2 amide bonds. The number of hydrogen-bond donors (Lipinski definition) is 0. The lowest BCUT2D eigenvalue weighted by Gasteiger charge is -2.34. The van der Waals surface area contributed by atoms with Gasteiger partial charge in [-0.2, -0.15) is 0 Å². The Morgan fingerprint density at radius 1 is 1.04 bits per heavy atom. The predicted octanol–water partition coefficient (Wildman–Crippen LogP) is 3.00. The molecule has 27 heavy (non-hydrogen) atoms. The van der Waals surface area contributed by atoms with Gasteiger partial charge in [0.1, 0.15) is 0 Å². The van der Waals surface area contributed by atoms with Crippen LogP contribution in [0.3, 0.4) is 0 Å². The Bertz CT molecular complexity index is 1020. The molecule has 1 fully saturated rings. The van der Waals surface area contributed by atoms with Crippen molar-refractivity contribution < 1.29 is 18.9 Å². The third-order valence-electron chi connectivity index (χ3n) is 4.51. The molecule has 9 heteroatoms. The number of fused-ring (bicyclic) bond motifs is 1. The van der Waals surface area contributed by atoms with E-state index in [0.29, 0.717) is 42.2 Å². The zero-order chi connectivity index (χ0) is 19.0. The fraction of sp³-hybridized carbons (Fsp3) is 0.222. The van der Waals surface area contributed by atoms with Crippen molar-refractivity contribution in [3.63, 3.8) is 0 Å². The van der Waals surface area contributed by atoms with Crippen molar-refractivity contribution in [2.24, 2.45) is 0 Å². The largest absolute Gasteiger partial charge is 0.459 e. The van der Waals surface area contributed by atoms with Crippen LogP contribution in [0, 0.1) is 10.1 Å². The van der Waals surface area contributed by atoms with Crippen molar-refractivity contribution in [2.45, 2.75) is 0 Å². The first kappa shape index (κ1) is 17.2. The molecule has 1 aliphatic rings. The zero-order valence-electron chi connectivity index (χ0n) is 14.2. The number of nitro groups is 1. The molecule has 3 heterocycles. The van der Waals surface area contributed by atoms with Gasteiger partial charge in [0.2, 0.25) is 0 Å². The second-order valence-electron chi connectivity index (χ2n) is 6.15. The van der Waals surface area contributed by atoms with E-state index in [1.807, 2.05) is 0 Å². The molecule has 0 N–H and O–H groups in total. The number of carbonyl (C=O) groups excluding carboxylic acids is 2. The third-order valence-corrected chi connectivity index (χ3v) is 5.61. The fourth-order valence-corrected chi connectivity index (χ4v) is 4.09. The van der Waals surface area contributed by atoms with Gasteiger partial charge in [0.15, 0.2) is 5.76 Å². The van der Waals surface area contributed by atoms with Crippen LogP contribution in [0.5, 0.6) is 0 Å². The quantitative estimate of drug-likeness (QED) is 0.510. The molecule has 1 saturated heterocycles. The van der Waals surface area contributed by atoms with Crippen LogP contribution in [0.2, 0.25) is 0 Å². The molecule has 0 unspecified atom stereocenters. The number of furan rings is 1. The highest BCUT2D eigenvalue weighted by atomic mass is 32.1. The summed E-state index contributed by atoms with van der Waals surface area (Å²) >= 11 is 1.32. The van der Waals surface area contributed by atoms with Gasteiger partial charge < -0.3 is 14.2 Å². The maximum absolute atomic E-state index is 12.8. The van der Waals surface area contributed by atoms with E-state index in [2.05, 4.69) is 0 Å². The topological polar surface area (TPSA) is 96.9 Å². The molecular formula is C18H15N3O5S. The van der Waals surface area contributed by atoms with Crippen molar-refractivity contribution in [1.82, 2.24) is 9.80 Å². The van der Waals surface area contributed by atoms with E-state index in [1.165, 1.54) is 29.7 Å². The average Bonchev–Trinajstić information content (AvgIpc) is 3.36. The van der Waals surface area contributed by atoms with Crippen LogP contribution in [0.15, 0.2) is 47.1 Å². The van der Waals surface area contributed by atoms with Gasteiger partial charge in [0.05, 0.1) is 16.1 Å². The second-order valence-corrected chi connectivity index (χ2v) is 7.24. The highest BCUT2D eigenvalue weighted by Crippen LogP contribution is 2.30. The highest BCUT2D eigenvalue weighted by Gasteiger charge is 2.27. The molecule has 4 rings (SSSR count). The van der Waals surface area contributed by atoms with E-state index in [0.717, 1.165) is 4.70 Å². The highest BCUT2D eigenvalue weighted by molar-refractivity contribution is 7.20. The van der Waals surface area contributed by atoms with Gasteiger partial charge in [-0.15, -0.1) is 11.3 Å². The van der Waals surface area contributed by atoms with Gasteiger partial charge in [0, 0.05) is 48.4 Å². The van der Waals surface area contributed by atoms with Crippen molar-refractivity contribution >= 4 is 38.9 Å². The molecule has 1 aliphatic heterocycles. The molecule has 3 aromatic rings. The van der Waals surface area contributed by atoms with Gasteiger partial charge in [-0.1, -0.05) is 0 Å². The van der Waals surface area contributed by atoms with Crippen LogP contribution < -0.4 is 0 Å². The van der Waals surface area contributed by atoms with E-state index in [1.54, 1.807) is 34.1 Å². The summed E-state index contributed by atoms with van der Waals surface area (Å²) < 4.78 is 5.96. The van der Waals surface area contributed by atoms with Crippen molar-refractivity contribution in [2.75, 3.05) is 26.2 Å². The van der Waals surface area contributed by atoms with E-state index < -0.39 is 4.92 Å². The van der Waals surface area contributed by atoms with Gasteiger partial charge in [-0.25, -0.2) is 0 Å². The summed E-state index contributed by atoms with van der Waals surface area (Å²) in [6.45, 7) is 1.72. The van der Waals surface area contributed by atoms with Crippen molar-refractivity contribution in [3.8, 4) is 0 Å². The fourth-order valence-electron chi connectivity index (χ4n) is 3.07. The first-order valence-corrected chi connectivity index (χ1v) is 9.14. The van der Waals surface area contributed by atoms with E-state index in [9.17, 15) is 19.7 Å². The summed E-state index contributed by atoms with van der Waals surface area (Å²) in [5.74, 6) is -0.00824. The van der Waals surface area contributed by atoms with Crippen LogP contribution in [-0.4, -0.2) is 52.7 Å². The number of piperazine rings is 1. The Balaban J connectivity index is 1.45. The Kier molecular flexibility index (Phi) is 4.36. The molecule has 0 aliphatic carbocycles. The smallest absolute Gasteiger partial charge is 0.289 e. The number of benzene rings is 1. The molecule has 0 bridgehead atoms. The number of carbonyl (C=O) groups is 2. The lowest BCUT2D eigenvalue weighted by Crippen LogP contribution is -2.50. The monoisotopic (exact) mass is 385 g/mol. The van der Waals surface area contributed by atoms with Gasteiger partial charge in [-0.3, -0.25) is 19.7 Å². The lowest BCUT2D eigenvalue weighted by molar-refractivity contribution is -0.384. The number of non-ortho nitro benzene ring substituents is 1. The minimum atomic E-state index is -0.451. The van der Waals surface area contributed by atoms with E-state index >= 15 is 0 Å². The maximum atomic E-state index is 12.8. The molecule has 138 valence electrons. The first-order chi connectivity index (χ1) is 13.0. The predicted molar refractivity (Wildman–Crippen MR) is 99.0 cm³/mol. The Labute approximate surface area is 157 Å². The van der Waals surface area contributed by atoms with Crippen molar-refractivity contribution in [3.05, 3.63) is 63.4 Å². The number of amides is 2. The van der Waals surface area contributed by atoms with Gasteiger partial charge >= 0.3 is 0 Å². The molecule has 1 aromatic carbocycles. The van der Waals surface area contributed by atoms with Crippen LogP contribution in [0.1, 0.15) is 20.2 Å². The summed E-state index contributed by atoms with van der Waals surface area (Å²) in [6.07, 6.45) is 1.46. The van der Waals surface area contributed by atoms with Crippen molar-refractivity contribution in [1.29, 1.82) is 0 Å². The molecule has 0 atom stereocenters. The molecule has 0 spiro atoms. The first-order valence-electron chi connectivity index (χ1n) is 8.33. The Morgan fingerprint density at radius 3 is 2.37 bits per heavy atom. The molecule has 2 aromatic heterocycles. The summed E-state index contributed by atoms with van der Waals surface area (Å²) in [7, 11) is 0. The number of rotatable bonds is 3. The normalized spacial score (nSPS) is 14.5. The molecule has 0 saturated carbocycles. The zero-order valence-corrected chi connectivity index (χ0v) is 15.0. The number of thiophene rings is 1. The summed E-state index contributed by atoms with van der Waals surface area (Å²) in [5, 5.41) is 11.6. The minimum absolute atomic E-state index is 0.00403. The standard InChI is InChI=1S/C18H15N3O5S/c22-17(14-2-1-9-26-14)19-5-7-20(8-6-19)18(23)16-11-12-10-13(21(24)25)3-4-15(12)27-16/h1-4,9-11H,5-8H2. The number of nitro benzene ring substituents is 1. The molecule has 8 nitrogen and oxygen atoms in total. The Morgan fingerprint density at radius 2 is 1.74 bits per heavy atom. The molecular weight excluding hydrogens is 370 g/mol. The second kappa shape index (κ2) is 6.84. The molecule has 0 radical (unpaired) electrons. The lowest BCUT2D eigenvalue weighted by atomic mass is 10.2. The summed E-state index contributed by atoms with van der Waals surface area (Å²) in [6, 6.07) is 9.55. The SMILES string of the molecule is O=C(c1ccco1)N1CCN(C(=O)c2cc3cc([N+](=O)[O-])ccc3s2)CC1. The van der Waals surface area contributed by atoms with Gasteiger partial charge in [-0.05, 0) is 24.3 Å². The Hall–Kier alpha value is -3.20. The van der Waals surface area contributed by atoms with E-state index in [4.69, 9.17) is 4.42 Å². The number of nitrogens with zero attached hydrogens (tertiary/aromatic N) is 3. The summed E-state index contributed by atoms with van der Waals surface area (Å²) in [5.41, 5.74) is 0.00403. The van der Waals surface area contributed by atoms with Crippen LogP contribution in [-0.2, 0) is 0 Å². The van der Waals surface area contributed by atoms with Gasteiger partial charge in [0.25, 0.3) is 17.5 Å². The van der Waals surface area contributed by atoms with E-state index in [-0.39, 0.29) is 17.5 Å². The van der Waals surface area contributed by atoms with Crippen LogP contribution in [0.25, 0.3) is 10.1 Å². The minimum Gasteiger partial charge on any atom is -0.459 e. The van der Waals surface area contributed by atoms with Crippen LogP contribution in [0.4, 0.5) is 5.69 Å². The van der Waals surface area contributed by atoms with Crippen LogP contribution >= 0.6 is 11.3 Å². The third kappa shape index (κ3) is 3.28. The average molecular weight is 385 g/mol. The number of hydrogen-bond acceptors (Lipinski definition) is 6.